The number of hydrogen-bond donors (Lipinski definition) is 2. The highest BCUT2D eigenvalue weighted by Crippen LogP contribution is 2.21. The molecule has 0 saturated carbocycles. The van der Waals surface area contributed by atoms with Gasteiger partial charge in [-0.2, -0.15) is 0 Å². The lowest BCUT2D eigenvalue weighted by Crippen LogP contribution is -2.05. The Bertz CT molecular complexity index is 521. The quantitative estimate of drug-likeness (QED) is 0.858. The Morgan fingerprint density at radius 1 is 1.05 bits per heavy atom. The van der Waals surface area contributed by atoms with Crippen LogP contribution in [0.4, 0.5) is 11.4 Å². The predicted molar refractivity (Wildman–Crippen MR) is 79.8 cm³/mol. The van der Waals surface area contributed by atoms with E-state index in [0.29, 0.717) is 6.54 Å². The standard InChI is InChI=1S/C16H20N2O/c1-12(2)19-16-8-6-14(7-9-16)18-15-5-3-4-13(10-15)11-17/h3-10,12,18H,11,17H2,1-2H3. The van der Waals surface area contributed by atoms with Crippen molar-refractivity contribution in [3.8, 4) is 5.75 Å². The van der Waals surface area contributed by atoms with Crippen molar-refractivity contribution in [1.29, 1.82) is 0 Å². The van der Waals surface area contributed by atoms with Crippen molar-refractivity contribution in [2.24, 2.45) is 5.73 Å². The van der Waals surface area contributed by atoms with Crippen LogP contribution in [0.2, 0.25) is 0 Å². The Balaban J connectivity index is 2.06. The first kappa shape index (κ1) is 13.4. The highest BCUT2D eigenvalue weighted by Gasteiger charge is 1.99. The van der Waals surface area contributed by atoms with E-state index in [9.17, 15) is 0 Å². The molecule has 2 aromatic carbocycles. The van der Waals surface area contributed by atoms with E-state index < -0.39 is 0 Å². The number of anilines is 2. The third kappa shape index (κ3) is 4.00. The van der Waals surface area contributed by atoms with Gasteiger partial charge < -0.3 is 15.8 Å². The molecule has 0 aromatic heterocycles. The van der Waals surface area contributed by atoms with E-state index in [1.165, 1.54) is 0 Å². The van der Waals surface area contributed by atoms with Crippen LogP contribution in [0.25, 0.3) is 0 Å². The first-order chi connectivity index (χ1) is 9.17. The lowest BCUT2D eigenvalue weighted by atomic mass is 10.2. The normalized spacial score (nSPS) is 10.5. The molecule has 0 saturated heterocycles. The first-order valence-electron chi connectivity index (χ1n) is 6.50. The number of benzene rings is 2. The highest BCUT2D eigenvalue weighted by molar-refractivity contribution is 5.60. The third-order valence-electron chi connectivity index (χ3n) is 2.68. The zero-order valence-electron chi connectivity index (χ0n) is 11.4. The molecule has 0 bridgehead atoms. The summed E-state index contributed by atoms with van der Waals surface area (Å²) in [6, 6.07) is 16.0. The van der Waals surface area contributed by atoms with E-state index in [1.54, 1.807) is 0 Å². The van der Waals surface area contributed by atoms with Gasteiger partial charge in [-0.05, 0) is 55.8 Å². The van der Waals surface area contributed by atoms with E-state index in [2.05, 4.69) is 11.4 Å². The monoisotopic (exact) mass is 256 g/mol. The zero-order chi connectivity index (χ0) is 13.7. The largest absolute Gasteiger partial charge is 0.491 e. The average Bonchev–Trinajstić information content (AvgIpc) is 2.41. The maximum atomic E-state index is 5.63. The minimum Gasteiger partial charge on any atom is -0.491 e. The second-order valence-corrected chi connectivity index (χ2v) is 4.72. The summed E-state index contributed by atoms with van der Waals surface area (Å²) in [6.07, 6.45) is 0.194. The van der Waals surface area contributed by atoms with E-state index >= 15 is 0 Å². The summed E-state index contributed by atoms with van der Waals surface area (Å²) in [4.78, 5) is 0. The summed E-state index contributed by atoms with van der Waals surface area (Å²) >= 11 is 0. The fourth-order valence-corrected chi connectivity index (χ4v) is 1.83. The minimum absolute atomic E-state index is 0.194. The lowest BCUT2D eigenvalue weighted by Gasteiger charge is -2.11. The van der Waals surface area contributed by atoms with Crippen molar-refractivity contribution in [3.63, 3.8) is 0 Å². The topological polar surface area (TPSA) is 47.3 Å². The number of ether oxygens (including phenoxy) is 1. The molecule has 19 heavy (non-hydrogen) atoms. The van der Waals surface area contributed by atoms with Crippen LogP contribution in [-0.4, -0.2) is 6.10 Å². The van der Waals surface area contributed by atoms with E-state index in [4.69, 9.17) is 10.5 Å². The first-order valence-corrected chi connectivity index (χ1v) is 6.50. The molecule has 0 aliphatic carbocycles. The molecule has 0 unspecified atom stereocenters. The van der Waals surface area contributed by atoms with Crippen molar-refractivity contribution in [3.05, 3.63) is 54.1 Å². The van der Waals surface area contributed by atoms with Gasteiger partial charge in [0.05, 0.1) is 6.10 Å². The van der Waals surface area contributed by atoms with Crippen LogP contribution in [0.1, 0.15) is 19.4 Å². The van der Waals surface area contributed by atoms with Gasteiger partial charge >= 0.3 is 0 Å². The van der Waals surface area contributed by atoms with Gasteiger partial charge in [0.15, 0.2) is 0 Å². The molecule has 0 aliphatic rings. The minimum atomic E-state index is 0.194. The second-order valence-electron chi connectivity index (χ2n) is 4.72. The van der Waals surface area contributed by atoms with Crippen molar-refractivity contribution < 1.29 is 4.74 Å². The summed E-state index contributed by atoms with van der Waals surface area (Å²) in [5.41, 5.74) is 8.82. The Kier molecular flexibility index (Phi) is 4.42. The van der Waals surface area contributed by atoms with E-state index in [-0.39, 0.29) is 6.10 Å². The van der Waals surface area contributed by atoms with Gasteiger partial charge in [-0.1, -0.05) is 12.1 Å². The smallest absolute Gasteiger partial charge is 0.119 e. The Morgan fingerprint density at radius 3 is 2.42 bits per heavy atom. The van der Waals surface area contributed by atoms with Crippen LogP contribution in [0.3, 0.4) is 0 Å². The SMILES string of the molecule is CC(C)Oc1ccc(Nc2cccc(CN)c2)cc1. The predicted octanol–water partition coefficient (Wildman–Crippen LogP) is 3.68. The number of nitrogens with two attached hydrogens (primary N) is 1. The van der Waals surface area contributed by atoms with Gasteiger partial charge in [0.25, 0.3) is 0 Å². The Labute approximate surface area is 114 Å². The molecule has 2 aromatic rings. The molecule has 0 amide bonds. The molecule has 3 heteroatoms. The van der Waals surface area contributed by atoms with Crippen molar-refractivity contribution in [1.82, 2.24) is 0 Å². The molecule has 0 spiro atoms. The lowest BCUT2D eigenvalue weighted by molar-refractivity contribution is 0.242. The molecular formula is C16H20N2O. The van der Waals surface area contributed by atoms with Crippen LogP contribution in [0.15, 0.2) is 48.5 Å². The molecule has 0 radical (unpaired) electrons. The molecule has 0 atom stereocenters. The van der Waals surface area contributed by atoms with Crippen LogP contribution >= 0.6 is 0 Å². The van der Waals surface area contributed by atoms with Crippen LogP contribution in [0.5, 0.6) is 5.75 Å². The third-order valence-corrected chi connectivity index (χ3v) is 2.68. The second kappa shape index (κ2) is 6.25. The maximum absolute atomic E-state index is 5.63. The average molecular weight is 256 g/mol. The zero-order valence-corrected chi connectivity index (χ0v) is 11.4. The van der Waals surface area contributed by atoms with Crippen LogP contribution in [-0.2, 0) is 6.54 Å². The Hall–Kier alpha value is -2.00. The molecule has 3 N–H and O–H groups in total. The number of hydrogen-bond acceptors (Lipinski definition) is 3. The van der Waals surface area contributed by atoms with Crippen molar-refractivity contribution in [2.45, 2.75) is 26.5 Å². The van der Waals surface area contributed by atoms with Gasteiger partial charge in [0.1, 0.15) is 5.75 Å². The van der Waals surface area contributed by atoms with Gasteiger partial charge in [-0.25, -0.2) is 0 Å². The summed E-state index contributed by atoms with van der Waals surface area (Å²) in [5.74, 6) is 0.885. The fraction of sp³-hybridized carbons (Fsp3) is 0.250. The number of rotatable bonds is 5. The molecular weight excluding hydrogens is 236 g/mol. The van der Waals surface area contributed by atoms with Crippen LogP contribution < -0.4 is 15.8 Å². The van der Waals surface area contributed by atoms with Crippen molar-refractivity contribution >= 4 is 11.4 Å². The molecule has 100 valence electrons. The summed E-state index contributed by atoms with van der Waals surface area (Å²) < 4.78 is 5.61. The molecule has 0 heterocycles. The molecule has 3 nitrogen and oxygen atoms in total. The Morgan fingerprint density at radius 2 is 1.79 bits per heavy atom. The summed E-state index contributed by atoms with van der Waals surface area (Å²) in [5, 5.41) is 3.35. The van der Waals surface area contributed by atoms with Gasteiger partial charge in [-0.15, -0.1) is 0 Å². The van der Waals surface area contributed by atoms with Crippen LogP contribution in [0, 0.1) is 0 Å². The van der Waals surface area contributed by atoms with Gasteiger partial charge in [-0.3, -0.25) is 0 Å². The summed E-state index contributed by atoms with van der Waals surface area (Å²) in [6.45, 7) is 4.59. The molecule has 0 fully saturated rings. The number of nitrogens with one attached hydrogen (secondary N) is 1. The molecule has 0 aliphatic heterocycles. The van der Waals surface area contributed by atoms with Gasteiger partial charge in [0.2, 0.25) is 0 Å². The summed E-state index contributed by atoms with van der Waals surface area (Å²) in [7, 11) is 0. The van der Waals surface area contributed by atoms with Gasteiger partial charge in [0, 0.05) is 17.9 Å². The highest BCUT2D eigenvalue weighted by atomic mass is 16.5. The fourth-order valence-electron chi connectivity index (χ4n) is 1.83. The molecule has 2 rings (SSSR count). The maximum Gasteiger partial charge on any atom is 0.119 e. The van der Waals surface area contributed by atoms with E-state index in [0.717, 1.165) is 22.7 Å². The van der Waals surface area contributed by atoms with E-state index in [1.807, 2.05) is 56.3 Å². The van der Waals surface area contributed by atoms with Crippen molar-refractivity contribution in [2.75, 3.05) is 5.32 Å².